The lowest BCUT2D eigenvalue weighted by molar-refractivity contribution is -0.143. The highest BCUT2D eigenvalue weighted by atomic mass is 32.2. The van der Waals surface area contributed by atoms with Crippen LogP contribution in [0.4, 0.5) is 0 Å². The fourth-order valence-electron chi connectivity index (χ4n) is 4.65. The van der Waals surface area contributed by atoms with Crippen LogP contribution in [0.15, 0.2) is 30.5 Å². The zero-order valence-electron chi connectivity index (χ0n) is 21.8. The smallest absolute Gasteiger partial charge is 0.326 e. The largest absolute Gasteiger partial charge is 0.480 e. The minimum atomic E-state index is -1.13. The second-order valence-corrected chi connectivity index (χ2v) is 11.4. The van der Waals surface area contributed by atoms with Crippen molar-refractivity contribution >= 4 is 58.1 Å². The molecule has 4 atom stereocenters. The van der Waals surface area contributed by atoms with Crippen molar-refractivity contribution in [1.29, 1.82) is 0 Å². The second kappa shape index (κ2) is 14.5. The van der Waals surface area contributed by atoms with Crippen LogP contribution in [0.5, 0.6) is 0 Å². The first kappa shape index (κ1) is 29.9. The summed E-state index contributed by atoms with van der Waals surface area (Å²) in [7, 11) is 0. The van der Waals surface area contributed by atoms with Gasteiger partial charge in [-0.05, 0) is 61.3 Å². The van der Waals surface area contributed by atoms with E-state index in [1.54, 1.807) is 18.0 Å². The fourth-order valence-corrected chi connectivity index (χ4v) is 5.61. The van der Waals surface area contributed by atoms with E-state index in [0.29, 0.717) is 31.6 Å². The van der Waals surface area contributed by atoms with E-state index in [1.165, 1.54) is 16.7 Å². The van der Waals surface area contributed by atoms with Crippen molar-refractivity contribution in [1.82, 2.24) is 20.5 Å². The SMILES string of the molecule is CSCCC(N)C(=O)N1CCCC1C(=O)NC(Cc1c[nH]c2ccccc12)C(=O)NC(CCSC)C(=O)O. The van der Waals surface area contributed by atoms with E-state index in [9.17, 15) is 24.3 Å². The van der Waals surface area contributed by atoms with E-state index in [2.05, 4.69) is 15.6 Å². The Morgan fingerprint density at radius 3 is 2.53 bits per heavy atom. The number of carbonyl (C=O) groups is 4. The van der Waals surface area contributed by atoms with E-state index >= 15 is 0 Å². The number of fused-ring (bicyclic) bond motifs is 1. The number of hydrogen-bond donors (Lipinski definition) is 5. The molecule has 1 fully saturated rings. The second-order valence-electron chi connectivity index (χ2n) is 9.38. The van der Waals surface area contributed by atoms with Gasteiger partial charge in [-0.25, -0.2) is 4.79 Å². The molecule has 208 valence electrons. The minimum Gasteiger partial charge on any atom is -0.480 e. The Hall–Kier alpha value is -2.70. The van der Waals surface area contributed by atoms with Gasteiger partial charge in [0.25, 0.3) is 0 Å². The first-order valence-corrected chi connectivity index (χ1v) is 15.5. The molecule has 2 heterocycles. The fraction of sp³-hybridized carbons (Fsp3) is 0.538. The van der Waals surface area contributed by atoms with Gasteiger partial charge in [-0.1, -0.05) is 18.2 Å². The number of carboxylic acid groups (broad SMARTS) is 1. The molecular formula is C26H37N5O5S2. The van der Waals surface area contributed by atoms with E-state index < -0.39 is 42.0 Å². The zero-order valence-corrected chi connectivity index (χ0v) is 23.4. The van der Waals surface area contributed by atoms with Crippen LogP contribution in [0.2, 0.25) is 0 Å². The van der Waals surface area contributed by atoms with Gasteiger partial charge in [-0.2, -0.15) is 23.5 Å². The van der Waals surface area contributed by atoms with Crippen molar-refractivity contribution in [2.24, 2.45) is 5.73 Å². The number of benzene rings is 1. The molecule has 12 heteroatoms. The van der Waals surface area contributed by atoms with E-state index in [4.69, 9.17) is 5.73 Å². The summed E-state index contributed by atoms with van der Waals surface area (Å²) >= 11 is 3.09. The number of hydrogen-bond acceptors (Lipinski definition) is 7. The van der Waals surface area contributed by atoms with Crippen LogP contribution in [0, 0.1) is 0 Å². The predicted octanol–water partition coefficient (Wildman–Crippen LogP) is 1.59. The molecule has 4 unspecified atom stereocenters. The number of amides is 3. The Labute approximate surface area is 231 Å². The molecule has 0 spiro atoms. The molecule has 0 bridgehead atoms. The van der Waals surface area contributed by atoms with Crippen LogP contribution in [0.25, 0.3) is 10.9 Å². The Morgan fingerprint density at radius 2 is 1.82 bits per heavy atom. The van der Waals surface area contributed by atoms with Crippen LogP contribution in [0.3, 0.4) is 0 Å². The quantitative estimate of drug-likeness (QED) is 0.232. The first-order valence-electron chi connectivity index (χ1n) is 12.7. The number of thioether (sulfide) groups is 2. The Balaban J connectivity index is 1.80. The maximum atomic E-state index is 13.4. The summed E-state index contributed by atoms with van der Waals surface area (Å²) in [6.45, 7) is 0.430. The average Bonchev–Trinajstić information content (AvgIpc) is 3.56. The van der Waals surface area contributed by atoms with Crippen molar-refractivity contribution in [3.8, 4) is 0 Å². The number of rotatable bonds is 14. The summed E-state index contributed by atoms with van der Waals surface area (Å²) in [5.74, 6) is -1.11. The van der Waals surface area contributed by atoms with E-state index in [1.807, 2.05) is 36.8 Å². The normalized spacial score (nSPS) is 17.7. The molecule has 38 heavy (non-hydrogen) atoms. The molecule has 1 saturated heterocycles. The number of aromatic amines is 1. The van der Waals surface area contributed by atoms with Crippen LogP contribution in [-0.4, -0.2) is 93.4 Å². The number of nitrogens with two attached hydrogens (primary N) is 1. The lowest BCUT2D eigenvalue weighted by Gasteiger charge is -2.28. The lowest BCUT2D eigenvalue weighted by Crippen LogP contribution is -2.57. The molecule has 1 aliphatic heterocycles. The highest BCUT2D eigenvalue weighted by molar-refractivity contribution is 7.98. The van der Waals surface area contributed by atoms with Gasteiger partial charge in [0.2, 0.25) is 17.7 Å². The summed E-state index contributed by atoms with van der Waals surface area (Å²) < 4.78 is 0. The molecule has 0 saturated carbocycles. The molecule has 1 aliphatic rings. The first-order chi connectivity index (χ1) is 18.3. The van der Waals surface area contributed by atoms with Gasteiger partial charge in [-0.3, -0.25) is 14.4 Å². The number of para-hydroxylation sites is 1. The molecular weight excluding hydrogens is 526 g/mol. The molecule has 1 aromatic carbocycles. The van der Waals surface area contributed by atoms with Gasteiger partial charge in [0.05, 0.1) is 6.04 Å². The third kappa shape index (κ3) is 7.67. The molecule has 6 N–H and O–H groups in total. The average molecular weight is 564 g/mol. The van der Waals surface area contributed by atoms with Crippen molar-refractivity contribution in [2.75, 3.05) is 30.6 Å². The van der Waals surface area contributed by atoms with Gasteiger partial charge in [0.15, 0.2) is 0 Å². The number of likely N-dealkylation sites (tertiary alicyclic amines) is 1. The van der Waals surface area contributed by atoms with Crippen LogP contribution >= 0.6 is 23.5 Å². The standard InChI is InChI=1S/C26H37N5O5S2/c1-37-12-9-18(27)25(34)31-11-5-8-22(31)24(33)30-21(23(32)29-20(26(35)36)10-13-38-2)14-16-15-28-19-7-4-3-6-17(16)19/h3-4,6-7,15,18,20-22,28H,5,8-14,27H2,1-2H3,(H,29,32)(H,30,33)(H,35,36). The molecule has 3 rings (SSSR count). The summed E-state index contributed by atoms with van der Waals surface area (Å²) in [6, 6.07) is 4.10. The molecule has 10 nitrogen and oxygen atoms in total. The van der Waals surface area contributed by atoms with Gasteiger partial charge in [0.1, 0.15) is 18.1 Å². The molecule has 2 aromatic rings. The van der Waals surface area contributed by atoms with Crippen LogP contribution < -0.4 is 16.4 Å². The number of nitrogens with zero attached hydrogens (tertiary/aromatic N) is 1. The van der Waals surface area contributed by atoms with Crippen molar-refractivity contribution in [3.05, 3.63) is 36.0 Å². The molecule has 1 aromatic heterocycles. The molecule has 0 radical (unpaired) electrons. The Kier molecular flexibility index (Phi) is 11.4. The van der Waals surface area contributed by atoms with Gasteiger partial charge in [0, 0.05) is 30.1 Å². The third-order valence-electron chi connectivity index (χ3n) is 6.75. The minimum absolute atomic E-state index is 0.157. The number of aromatic nitrogens is 1. The van der Waals surface area contributed by atoms with Gasteiger partial charge >= 0.3 is 5.97 Å². The van der Waals surface area contributed by atoms with Crippen LogP contribution in [0.1, 0.15) is 31.2 Å². The number of carboxylic acids is 1. The maximum absolute atomic E-state index is 13.4. The monoisotopic (exact) mass is 563 g/mol. The number of carbonyl (C=O) groups excluding carboxylic acids is 3. The third-order valence-corrected chi connectivity index (χ3v) is 8.03. The number of H-pyrrole nitrogens is 1. The highest BCUT2D eigenvalue weighted by Gasteiger charge is 2.38. The number of aliphatic carboxylic acids is 1. The summed E-state index contributed by atoms with van der Waals surface area (Å²) in [5.41, 5.74) is 7.81. The van der Waals surface area contributed by atoms with E-state index in [-0.39, 0.29) is 18.7 Å². The zero-order chi connectivity index (χ0) is 27.7. The van der Waals surface area contributed by atoms with Crippen molar-refractivity contribution < 1.29 is 24.3 Å². The van der Waals surface area contributed by atoms with Gasteiger partial charge < -0.3 is 31.4 Å². The van der Waals surface area contributed by atoms with Crippen molar-refractivity contribution in [2.45, 2.75) is 56.3 Å². The lowest BCUT2D eigenvalue weighted by atomic mass is 10.0. The highest BCUT2D eigenvalue weighted by Crippen LogP contribution is 2.22. The summed E-state index contributed by atoms with van der Waals surface area (Å²) in [6.07, 6.45) is 7.66. The number of nitrogens with one attached hydrogen (secondary N) is 3. The summed E-state index contributed by atoms with van der Waals surface area (Å²) in [5, 5.41) is 16.0. The van der Waals surface area contributed by atoms with Crippen LogP contribution in [-0.2, 0) is 25.6 Å². The topological polar surface area (TPSA) is 158 Å². The summed E-state index contributed by atoms with van der Waals surface area (Å²) in [4.78, 5) is 56.2. The molecule has 3 amide bonds. The Bertz CT molecular complexity index is 1130. The maximum Gasteiger partial charge on any atom is 0.326 e. The predicted molar refractivity (Wildman–Crippen MR) is 152 cm³/mol. The van der Waals surface area contributed by atoms with Gasteiger partial charge in [-0.15, -0.1) is 0 Å². The van der Waals surface area contributed by atoms with Crippen molar-refractivity contribution in [3.63, 3.8) is 0 Å². The Morgan fingerprint density at radius 1 is 1.11 bits per heavy atom. The van der Waals surface area contributed by atoms with E-state index in [0.717, 1.165) is 22.2 Å². The molecule has 0 aliphatic carbocycles.